The van der Waals surface area contributed by atoms with Gasteiger partial charge in [0.05, 0.1) is 20.3 Å². The molecule has 2 N–H and O–H groups in total. The molecule has 0 bridgehead atoms. The molecule has 0 aliphatic carbocycles. The van der Waals surface area contributed by atoms with Crippen LogP contribution in [0, 0.1) is 0 Å². The number of hydrogen-bond acceptors (Lipinski definition) is 6. The molecule has 0 aliphatic heterocycles. The summed E-state index contributed by atoms with van der Waals surface area (Å²) >= 11 is 0. The fourth-order valence-electron chi connectivity index (χ4n) is 1.14. The summed E-state index contributed by atoms with van der Waals surface area (Å²) in [7, 11) is 2.48. The molecule has 0 saturated heterocycles. The van der Waals surface area contributed by atoms with Crippen LogP contribution in [0.4, 0.5) is 19.1 Å². The highest BCUT2D eigenvalue weighted by molar-refractivity contribution is 5.82. The normalized spacial score (nSPS) is 14.3. The summed E-state index contributed by atoms with van der Waals surface area (Å²) in [6, 6.07) is 1.23. The largest absolute Gasteiger partial charge is 0.481 e. The van der Waals surface area contributed by atoms with Crippen molar-refractivity contribution in [1.82, 2.24) is 9.97 Å². The molecule has 0 fully saturated rings. The Morgan fingerprint density at radius 3 is 2.00 bits per heavy atom. The van der Waals surface area contributed by atoms with Crippen molar-refractivity contribution in [3.8, 4) is 11.8 Å². The number of carbonyl (C=O) groups is 1. The summed E-state index contributed by atoms with van der Waals surface area (Å²) in [6.45, 7) is 0.463. The van der Waals surface area contributed by atoms with Crippen LogP contribution in [0.3, 0.4) is 0 Å². The van der Waals surface area contributed by atoms with Crippen molar-refractivity contribution in [2.24, 2.45) is 0 Å². The van der Waals surface area contributed by atoms with Crippen molar-refractivity contribution in [3.05, 3.63) is 6.07 Å². The highest BCUT2D eigenvalue weighted by Gasteiger charge is 2.58. The first-order valence-electron chi connectivity index (χ1n) is 5.19. The van der Waals surface area contributed by atoms with Crippen LogP contribution in [0.25, 0.3) is 0 Å². The van der Waals surface area contributed by atoms with Gasteiger partial charge < -0.3 is 19.9 Å². The van der Waals surface area contributed by atoms with E-state index in [2.05, 4.69) is 9.97 Å². The summed E-state index contributed by atoms with van der Waals surface area (Å²) in [4.78, 5) is 18.1. The van der Waals surface area contributed by atoms with Crippen molar-refractivity contribution in [2.45, 2.75) is 18.6 Å². The summed E-state index contributed by atoms with van der Waals surface area (Å²) in [6.07, 6.45) is -5.06. The van der Waals surface area contributed by atoms with Crippen molar-refractivity contribution in [1.29, 1.82) is 0 Å². The number of hydrogen-bond donors (Lipinski definition) is 2. The fraction of sp³-hybridized carbons (Fsp3) is 0.500. The lowest BCUT2D eigenvalue weighted by Gasteiger charge is -2.28. The highest BCUT2D eigenvalue weighted by Crippen LogP contribution is 2.33. The molecule has 1 rings (SSSR count). The minimum atomic E-state index is -5.06. The van der Waals surface area contributed by atoms with E-state index in [9.17, 15) is 18.0 Å². The summed E-state index contributed by atoms with van der Waals surface area (Å²) in [5.74, 6) is -2.85. The molecule has 0 spiro atoms. The number of rotatable bonds is 5. The number of carboxylic acids is 1. The molecular formula is C10H12F3N3O4. The summed E-state index contributed by atoms with van der Waals surface area (Å²) in [5.41, 5.74) is -3.25. The molecular weight excluding hydrogens is 283 g/mol. The lowest BCUT2D eigenvalue weighted by molar-refractivity contribution is -0.193. The predicted molar refractivity (Wildman–Crippen MR) is 60.9 cm³/mol. The monoisotopic (exact) mass is 295 g/mol. The van der Waals surface area contributed by atoms with Gasteiger partial charge in [-0.05, 0) is 6.92 Å². The van der Waals surface area contributed by atoms with Gasteiger partial charge in [-0.1, -0.05) is 0 Å². The van der Waals surface area contributed by atoms with Crippen LogP contribution >= 0.6 is 0 Å². The van der Waals surface area contributed by atoms with E-state index < -0.39 is 23.6 Å². The first-order valence-corrected chi connectivity index (χ1v) is 5.19. The fourth-order valence-corrected chi connectivity index (χ4v) is 1.14. The van der Waals surface area contributed by atoms with E-state index in [4.69, 9.17) is 14.6 Å². The molecule has 1 atom stereocenters. The maximum atomic E-state index is 12.8. The number of aromatic nitrogens is 2. The molecule has 1 aromatic heterocycles. The van der Waals surface area contributed by atoms with Gasteiger partial charge in [-0.15, -0.1) is 0 Å². The van der Waals surface area contributed by atoms with Crippen molar-refractivity contribution in [3.63, 3.8) is 0 Å². The van der Waals surface area contributed by atoms with Crippen LogP contribution in [0.2, 0.25) is 0 Å². The van der Waals surface area contributed by atoms with Crippen molar-refractivity contribution in [2.75, 3.05) is 19.5 Å². The number of ether oxygens (including phenoxy) is 2. The second-order valence-electron chi connectivity index (χ2n) is 3.83. The Labute approximate surface area is 111 Å². The third-order valence-electron chi connectivity index (χ3n) is 2.45. The average molecular weight is 295 g/mol. The van der Waals surface area contributed by atoms with Gasteiger partial charge in [0, 0.05) is 0 Å². The van der Waals surface area contributed by atoms with Gasteiger partial charge in [-0.3, -0.25) is 0 Å². The molecule has 1 heterocycles. The topological polar surface area (TPSA) is 93.6 Å². The minimum Gasteiger partial charge on any atom is -0.481 e. The standard InChI is InChI=1S/C10H12F3N3O4/c1-9(7(17)18,10(11,12)13)16-8-14-5(19-2)4-6(15-8)20-3/h4H,1-3H3,(H,17,18)(H,14,15,16). The van der Waals surface area contributed by atoms with Crippen molar-refractivity contribution < 1.29 is 32.5 Å². The van der Waals surface area contributed by atoms with Gasteiger partial charge in [-0.25, -0.2) is 4.79 Å². The van der Waals surface area contributed by atoms with Crippen LogP contribution in [0.1, 0.15) is 6.92 Å². The Bertz CT molecular complexity index is 487. The Morgan fingerprint density at radius 2 is 1.70 bits per heavy atom. The molecule has 20 heavy (non-hydrogen) atoms. The maximum absolute atomic E-state index is 12.8. The number of carboxylic acid groups (broad SMARTS) is 1. The molecule has 112 valence electrons. The van der Waals surface area contributed by atoms with Crippen molar-refractivity contribution >= 4 is 11.9 Å². The Balaban J connectivity index is 3.22. The number of aliphatic carboxylic acids is 1. The Kier molecular flexibility index (Phi) is 4.26. The second-order valence-corrected chi connectivity index (χ2v) is 3.83. The lowest BCUT2D eigenvalue weighted by Crippen LogP contribution is -2.55. The third-order valence-corrected chi connectivity index (χ3v) is 2.45. The van der Waals surface area contributed by atoms with E-state index in [0.717, 1.165) is 0 Å². The average Bonchev–Trinajstić information content (AvgIpc) is 2.36. The van der Waals surface area contributed by atoms with Gasteiger partial charge in [-0.2, -0.15) is 23.1 Å². The van der Waals surface area contributed by atoms with Gasteiger partial charge in [0.25, 0.3) is 0 Å². The molecule has 0 aromatic carbocycles. The van der Waals surface area contributed by atoms with E-state index in [-0.39, 0.29) is 11.8 Å². The van der Waals surface area contributed by atoms with E-state index in [1.807, 2.05) is 0 Å². The van der Waals surface area contributed by atoms with Gasteiger partial charge >= 0.3 is 12.1 Å². The molecule has 1 aromatic rings. The quantitative estimate of drug-likeness (QED) is 0.845. The zero-order valence-electron chi connectivity index (χ0n) is 10.8. The highest BCUT2D eigenvalue weighted by atomic mass is 19.4. The SMILES string of the molecule is COc1cc(OC)nc(NC(C)(C(=O)O)C(F)(F)F)n1. The van der Waals surface area contributed by atoms with Gasteiger partial charge in [0.2, 0.25) is 23.2 Å². The van der Waals surface area contributed by atoms with E-state index in [1.165, 1.54) is 20.3 Å². The third kappa shape index (κ3) is 3.00. The summed E-state index contributed by atoms with van der Waals surface area (Å²) < 4.78 is 48.0. The molecule has 0 radical (unpaired) electrons. The predicted octanol–water partition coefficient (Wildman–Crippen LogP) is 1.31. The lowest BCUT2D eigenvalue weighted by atomic mass is 10.0. The minimum absolute atomic E-state index is 0.0748. The van der Waals surface area contributed by atoms with E-state index >= 15 is 0 Å². The number of halogens is 3. The molecule has 1 unspecified atom stereocenters. The first kappa shape index (κ1) is 15.8. The molecule has 0 aliphatic rings. The van der Waals surface area contributed by atoms with Gasteiger partial charge in [0.15, 0.2) is 0 Å². The van der Waals surface area contributed by atoms with E-state index in [0.29, 0.717) is 6.92 Å². The second kappa shape index (κ2) is 5.39. The smallest absolute Gasteiger partial charge is 0.422 e. The molecule has 7 nitrogen and oxygen atoms in total. The first-order chi connectivity index (χ1) is 9.14. The molecule has 10 heteroatoms. The number of anilines is 1. The van der Waals surface area contributed by atoms with E-state index in [1.54, 1.807) is 5.32 Å². The Morgan fingerprint density at radius 1 is 1.25 bits per heavy atom. The number of nitrogens with zero attached hydrogens (tertiary/aromatic N) is 2. The van der Waals surface area contributed by atoms with Gasteiger partial charge in [0.1, 0.15) is 0 Å². The van der Waals surface area contributed by atoms with Crippen LogP contribution in [-0.4, -0.2) is 47.0 Å². The van der Waals surface area contributed by atoms with Crippen LogP contribution in [0.5, 0.6) is 11.8 Å². The van der Waals surface area contributed by atoms with Crippen LogP contribution < -0.4 is 14.8 Å². The number of nitrogens with one attached hydrogen (secondary N) is 1. The zero-order valence-corrected chi connectivity index (χ0v) is 10.8. The maximum Gasteiger partial charge on any atom is 0.422 e. The molecule has 0 saturated carbocycles. The zero-order chi connectivity index (χ0) is 15.6. The number of methoxy groups -OCH3 is 2. The van der Waals surface area contributed by atoms with Crippen LogP contribution in [0.15, 0.2) is 6.07 Å². The summed E-state index contributed by atoms with van der Waals surface area (Å²) in [5, 5.41) is 10.5. The van der Waals surface area contributed by atoms with Crippen LogP contribution in [-0.2, 0) is 4.79 Å². The number of alkyl halides is 3. The Hall–Kier alpha value is -2.26. The molecule has 0 amide bonds.